The van der Waals surface area contributed by atoms with E-state index in [1.54, 1.807) is 0 Å². The van der Waals surface area contributed by atoms with Gasteiger partial charge in [-0.25, -0.2) is 17.9 Å². The van der Waals surface area contributed by atoms with Gasteiger partial charge in [0.2, 0.25) is 10.0 Å². The van der Waals surface area contributed by atoms with Gasteiger partial charge in [0.25, 0.3) is 0 Å². The Labute approximate surface area is 127 Å². The molecule has 1 heterocycles. The molecule has 0 aliphatic heterocycles. The largest absolute Gasteiger partial charge is 0.477 e. The molecule has 0 aliphatic rings. The zero-order valence-corrected chi connectivity index (χ0v) is 13.0. The third-order valence-corrected chi connectivity index (χ3v) is 5.87. The molecule has 0 fully saturated rings. The Morgan fingerprint density at radius 2 is 2.05 bits per heavy atom. The number of hydrogen-bond donors (Lipinski definition) is 2. The van der Waals surface area contributed by atoms with E-state index in [0.717, 1.165) is 22.5 Å². The third kappa shape index (κ3) is 4.13. The van der Waals surface area contributed by atoms with E-state index >= 15 is 0 Å². The summed E-state index contributed by atoms with van der Waals surface area (Å²) in [5, 5.41) is 8.81. The number of benzene rings is 1. The maximum atomic E-state index is 12.0. The van der Waals surface area contributed by atoms with Crippen LogP contribution in [0.3, 0.4) is 0 Å². The van der Waals surface area contributed by atoms with Crippen molar-refractivity contribution >= 4 is 27.3 Å². The average Bonchev–Trinajstić information content (AvgIpc) is 2.89. The second-order valence-electron chi connectivity index (χ2n) is 4.56. The monoisotopic (exact) mass is 325 g/mol. The summed E-state index contributed by atoms with van der Waals surface area (Å²) in [7, 11) is -3.65. The minimum Gasteiger partial charge on any atom is -0.477 e. The number of aromatic carboxylic acids is 1. The van der Waals surface area contributed by atoms with E-state index in [0.29, 0.717) is 6.42 Å². The smallest absolute Gasteiger partial charge is 0.345 e. The highest BCUT2D eigenvalue weighted by atomic mass is 32.2. The molecule has 112 valence electrons. The van der Waals surface area contributed by atoms with Crippen LogP contribution in [0.4, 0.5) is 0 Å². The molecule has 21 heavy (non-hydrogen) atoms. The number of sulfonamides is 1. The molecule has 0 aliphatic carbocycles. The lowest BCUT2D eigenvalue weighted by molar-refractivity contribution is 0.0702. The summed E-state index contributed by atoms with van der Waals surface area (Å²) in [5.41, 5.74) is 2.18. The molecule has 0 spiro atoms. The van der Waals surface area contributed by atoms with Gasteiger partial charge in [-0.1, -0.05) is 29.8 Å². The van der Waals surface area contributed by atoms with Gasteiger partial charge < -0.3 is 5.11 Å². The predicted octanol–water partition coefficient (Wildman–Crippen LogP) is 2.28. The Balaban J connectivity index is 1.99. The van der Waals surface area contributed by atoms with E-state index in [2.05, 4.69) is 4.72 Å². The number of aryl methyl sites for hydroxylation is 1. The molecule has 0 atom stereocenters. The molecule has 7 heteroatoms. The fraction of sp³-hybridized carbons (Fsp3) is 0.214. The fourth-order valence-electron chi connectivity index (χ4n) is 1.85. The molecule has 2 aromatic rings. The maximum absolute atomic E-state index is 12.0. The van der Waals surface area contributed by atoms with Gasteiger partial charge >= 0.3 is 5.97 Å². The van der Waals surface area contributed by atoms with Crippen LogP contribution in [0, 0.1) is 6.92 Å². The Bertz CT molecular complexity index is 750. The van der Waals surface area contributed by atoms with Crippen LogP contribution in [0.2, 0.25) is 0 Å². The van der Waals surface area contributed by atoms with Crippen LogP contribution in [0.1, 0.15) is 20.8 Å². The molecule has 1 aromatic carbocycles. The van der Waals surface area contributed by atoms with Gasteiger partial charge in [0, 0.05) is 6.54 Å². The van der Waals surface area contributed by atoms with Crippen LogP contribution in [-0.4, -0.2) is 26.0 Å². The van der Waals surface area contributed by atoms with Crippen molar-refractivity contribution in [3.63, 3.8) is 0 Å². The average molecular weight is 325 g/mol. The number of rotatable bonds is 6. The van der Waals surface area contributed by atoms with Crippen molar-refractivity contribution in [3.05, 3.63) is 52.4 Å². The normalized spacial score (nSPS) is 11.5. The van der Waals surface area contributed by atoms with E-state index < -0.39 is 16.0 Å². The fourth-order valence-corrected chi connectivity index (χ4v) is 4.07. The molecule has 0 saturated heterocycles. The summed E-state index contributed by atoms with van der Waals surface area (Å²) in [5.74, 6) is -1.12. The number of carboxylic acid groups (broad SMARTS) is 1. The van der Waals surface area contributed by atoms with E-state index in [1.165, 1.54) is 12.1 Å². The zero-order chi connectivity index (χ0) is 15.5. The first-order chi connectivity index (χ1) is 9.88. The van der Waals surface area contributed by atoms with E-state index in [9.17, 15) is 13.2 Å². The molecule has 2 N–H and O–H groups in total. The quantitative estimate of drug-likeness (QED) is 0.853. The van der Waals surface area contributed by atoms with Crippen molar-refractivity contribution in [2.45, 2.75) is 17.6 Å². The Morgan fingerprint density at radius 1 is 1.29 bits per heavy atom. The number of thiophene rings is 1. The molecule has 0 radical (unpaired) electrons. The van der Waals surface area contributed by atoms with Crippen molar-refractivity contribution in [3.8, 4) is 0 Å². The molecule has 2 rings (SSSR count). The molecule has 0 amide bonds. The number of hydrogen-bond acceptors (Lipinski definition) is 4. The number of carbonyl (C=O) groups is 1. The topological polar surface area (TPSA) is 83.5 Å². The SMILES string of the molecule is Cc1cccc(CCNS(=O)(=O)c2ccc(C(=O)O)s2)c1. The molecule has 1 aromatic heterocycles. The standard InChI is InChI=1S/C14H15NO4S2/c1-10-3-2-4-11(9-10)7-8-15-21(18,19)13-6-5-12(20-13)14(16)17/h2-6,9,15H,7-8H2,1H3,(H,16,17). The number of carboxylic acids is 1. The lowest BCUT2D eigenvalue weighted by Gasteiger charge is -2.05. The predicted molar refractivity (Wildman–Crippen MR) is 81.3 cm³/mol. The summed E-state index contributed by atoms with van der Waals surface area (Å²) < 4.78 is 26.6. The molecule has 0 saturated carbocycles. The van der Waals surface area contributed by atoms with Crippen molar-refractivity contribution in [1.29, 1.82) is 0 Å². The van der Waals surface area contributed by atoms with Crippen LogP contribution in [-0.2, 0) is 16.4 Å². The highest BCUT2D eigenvalue weighted by molar-refractivity contribution is 7.91. The zero-order valence-electron chi connectivity index (χ0n) is 11.4. The van der Waals surface area contributed by atoms with Crippen LogP contribution in [0.15, 0.2) is 40.6 Å². The Kier molecular flexibility index (Phi) is 4.76. The van der Waals surface area contributed by atoms with Gasteiger partial charge in [-0.2, -0.15) is 0 Å². The third-order valence-electron chi connectivity index (χ3n) is 2.85. The highest BCUT2D eigenvalue weighted by Gasteiger charge is 2.18. The molecule has 5 nitrogen and oxygen atoms in total. The van der Waals surface area contributed by atoms with Crippen molar-refractivity contribution < 1.29 is 18.3 Å². The van der Waals surface area contributed by atoms with Gasteiger partial charge in [0.05, 0.1) is 0 Å². The Hall–Kier alpha value is -1.70. The first-order valence-electron chi connectivity index (χ1n) is 6.27. The van der Waals surface area contributed by atoms with Gasteiger partial charge in [0.1, 0.15) is 9.09 Å². The lowest BCUT2D eigenvalue weighted by atomic mass is 10.1. The van der Waals surface area contributed by atoms with Crippen LogP contribution >= 0.6 is 11.3 Å². The van der Waals surface area contributed by atoms with Crippen LogP contribution in [0.5, 0.6) is 0 Å². The van der Waals surface area contributed by atoms with Gasteiger partial charge in [-0.05, 0) is 31.0 Å². The summed E-state index contributed by atoms with van der Waals surface area (Å²) in [6.45, 7) is 2.25. The van der Waals surface area contributed by atoms with Gasteiger partial charge in [0.15, 0.2) is 0 Å². The minimum atomic E-state index is -3.65. The summed E-state index contributed by atoms with van der Waals surface area (Å²) in [6, 6.07) is 10.5. The lowest BCUT2D eigenvalue weighted by Crippen LogP contribution is -2.25. The van der Waals surface area contributed by atoms with Gasteiger partial charge in [-0.3, -0.25) is 0 Å². The van der Waals surface area contributed by atoms with Gasteiger partial charge in [-0.15, -0.1) is 11.3 Å². The van der Waals surface area contributed by atoms with E-state index in [-0.39, 0.29) is 15.6 Å². The summed E-state index contributed by atoms with van der Waals surface area (Å²) in [4.78, 5) is 10.8. The molecular formula is C14H15NO4S2. The van der Waals surface area contributed by atoms with Crippen LogP contribution in [0.25, 0.3) is 0 Å². The highest BCUT2D eigenvalue weighted by Crippen LogP contribution is 2.21. The minimum absolute atomic E-state index is 0.00839. The first-order valence-corrected chi connectivity index (χ1v) is 8.57. The summed E-state index contributed by atoms with van der Waals surface area (Å²) in [6.07, 6.45) is 0.581. The van der Waals surface area contributed by atoms with Crippen molar-refractivity contribution in [2.24, 2.45) is 0 Å². The summed E-state index contributed by atoms with van der Waals surface area (Å²) >= 11 is 0.747. The van der Waals surface area contributed by atoms with Crippen molar-refractivity contribution in [2.75, 3.05) is 6.54 Å². The molecular weight excluding hydrogens is 310 g/mol. The number of nitrogens with one attached hydrogen (secondary N) is 1. The second kappa shape index (κ2) is 6.38. The second-order valence-corrected chi connectivity index (χ2v) is 7.64. The van der Waals surface area contributed by atoms with E-state index in [1.807, 2.05) is 31.2 Å². The maximum Gasteiger partial charge on any atom is 0.345 e. The van der Waals surface area contributed by atoms with E-state index in [4.69, 9.17) is 5.11 Å². The Morgan fingerprint density at radius 3 is 2.67 bits per heavy atom. The molecule has 0 unspecified atom stereocenters. The molecule has 0 bridgehead atoms. The van der Waals surface area contributed by atoms with Crippen molar-refractivity contribution in [1.82, 2.24) is 4.72 Å². The first kappa shape index (κ1) is 15.7. The van der Waals surface area contributed by atoms with Crippen LogP contribution < -0.4 is 4.72 Å².